The van der Waals surface area contributed by atoms with Crippen LogP contribution < -0.4 is 4.74 Å². The topological polar surface area (TPSA) is 69.4 Å². The van der Waals surface area contributed by atoms with Crippen LogP contribution in [-0.2, 0) is 0 Å². The van der Waals surface area contributed by atoms with Gasteiger partial charge in [-0.15, -0.1) is 0 Å². The Morgan fingerprint density at radius 1 is 1.46 bits per heavy atom. The van der Waals surface area contributed by atoms with E-state index in [4.69, 9.17) is 4.74 Å². The number of ether oxygens (including phenoxy) is 1. The molecule has 0 aliphatic carbocycles. The van der Waals surface area contributed by atoms with Crippen molar-refractivity contribution in [1.29, 1.82) is 0 Å². The van der Waals surface area contributed by atoms with Gasteiger partial charge in [-0.2, -0.15) is 0 Å². The number of hydrogen-bond acceptors (Lipinski definition) is 4. The lowest BCUT2D eigenvalue weighted by Gasteiger charge is -1.99. The third-order valence-corrected chi connectivity index (χ3v) is 1.50. The molecule has 0 bridgehead atoms. The molecule has 5 heteroatoms. The van der Waals surface area contributed by atoms with E-state index in [1.54, 1.807) is 0 Å². The summed E-state index contributed by atoms with van der Waals surface area (Å²) in [6, 6.07) is 3.88. The predicted octanol–water partition coefficient (Wildman–Crippen LogP) is 1.42. The highest BCUT2D eigenvalue weighted by Crippen LogP contribution is 2.21. The summed E-state index contributed by atoms with van der Waals surface area (Å²) in [7, 11) is 1.38. The SMILES string of the molecule is COc1cc(C=O)cc([N+](=O)[O-])c1. The van der Waals surface area contributed by atoms with Crippen LogP contribution in [0.1, 0.15) is 10.4 Å². The van der Waals surface area contributed by atoms with Gasteiger partial charge in [0.25, 0.3) is 5.69 Å². The Bertz CT molecular complexity index is 348. The van der Waals surface area contributed by atoms with Crippen LogP contribution in [0.3, 0.4) is 0 Å². The molecule has 5 nitrogen and oxygen atoms in total. The molecule has 1 aromatic carbocycles. The fourth-order valence-electron chi connectivity index (χ4n) is 0.897. The van der Waals surface area contributed by atoms with Gasteiger partial charge in [0.05, 0.1) is 18.1 Å². The summed E-state index contributed by atoms with van der Waals surface area (Å²) in [5, 5.41) is 10.4. The summed E-state index contributed by atoms with van der Waals surface area (Å²) in [5.74, 6) is 0.302. The lowest BCUT2D eigenvalue weighted by Crippen LogP contribution is -1.92. The first kappa shape index (κ1) is 9.18. The number of aldehydes is 1. The summed E-state index contributed by atoms with van der Waals surface area (Å²) in [6.07, 6.45) is 0.537. The maximum Gasteiger partial charge on any atom is 0.273 e. The Balaban J connectivity index is 3.22. The molecule has 1 rings (SSSR count). The van der Waals surface area contributed by atoms with Gasteiger partial charge in [0.2, 0.25) is 0 Å². The molecule has 0 saturated carbocycles. The number of methoxy groups -OCH3 is 1. The van der Waals surface area contributed by atoms with Crippen molar-refractivity contribution in [2.24, 2.45) is 0 Å². The van der Waals surface area contributed by atoms with E-state index >= 15 is 0 Å². The van der Waals surface area contributed by atoms with E-state index in [2.05, 4.69) is 0 Å². The van der Waals surface area contributed by atoms with E-state index in [1.807, 2.05) is 0 Å². The van der Waals surface area contributed by atoms with E-state index in [1.165, 1.54) is 25.3 Å². The minimum absolute atomic E-state index is 0.151. The fourth-order valence-corrected chi connectivity index (χ4v) is 0.897. The smallest absolute Gasteiger partial charge is 0.273 e. The highest BCUT2D eigenvalue weighted by Gasteiger charge is 2.09. The van der Waals surface area contributed by atoms with Crippen molar-refractivity contribution in [2.45, 2.75) is 0 Å². The summed E-state index contributed by atoms with van der Waals surface area (Å²) in [5.41, 5.74) is 0.0764. The van der Waals surface area contributed by atoms with E-state index in [9.17, 15) is 14.9 Å². The van der Waals surface area contributed by atoms with Gasteiger partial charge in [-0.1, -0.05) is 0 Å². The quantitative estimate of drug-likeness (QED) is 0.401. The molecule has 0 radical (unpaired) electrons. The average Bonchev–Trinajstić information content (AvgIpc) is 2.16. The van der Waals surface area contributed by atoms with Crippen LogP contribution in [0.15, 0.2) is 18.2 Å². The molecule has 0 amide bonds. The van der Waals surface area contributed by atoms with Crippen molar-refractivity contribution in [3.63, 3.8) is 0 Å². The Morgan fingerprint density at radius 3 is 2.62 bits per heavy atom. The lowest BCUT2D eigenvalue weighted by molar-refractivity contribution is -0.384. The van der Waals surface area contributed by atoms with Crippen molar-refractivity contribution < 1.29 is 14.5 Å². The Kier molecular flexibility index (Phi) is 2.59. The minimum atomic E-state index is -0.574. The summed E-state index contributed by atoms with van der Waals surface area (Å²) >= 11 is 0. The van der Waals surface area contributed by atoms with Gasteiger partial charge in [-0.05, 0) is 6.07 Å². The van der Waals surface area contributed by atoms with Crippen LogP contribution in [-0.4, -0.2) is 18.3 Å². The van der Waals surface area contributed by atoms with E-state index in [0.717, 1.165) is 0 Å². The van der Waals surface area contributed by atoms with Crippen molar-refractivity contribution in [3.8, 4) is 5.75 Å². The van der Waals surface area contributed by atoms with Gasteiger partial charge >= 0.3 is 0 Å². The molecule has 68 valence electrons. The summed E-state index contributed by atoms with van der Waals surface area (Å²) in [6.45, 7) is 0. The molecule has 0 atom stereocenters. The van der Waals surface area contributed by atoms with Crippen molar-refractivity contribution in [3.05, 3.63) is 33.9 Å². The van der Waals surface area contributed by atoms with Crippen LogP contribution in [0, 0.1) is 10.1 Å². The summed E-state index contributed by atoms with van der Waals surface area (Å²) in [4.78, 5) is 20.2. The first-order valence-corrected chi connectivity index (χ1v) is 3.46. The molecule has 13 heavy (non-hydrogen) atoms. The molecule has 0 unspecified atom stereocenters. The van der Waals surface area contributed by atoms with Gasteiger partial charge in [0.1, 0.15) is 12.0 Å². The highest BCUT2D eigenvalue weighted by molar-refractivity contribution is 5.77. The molecule has 0 heterocycles. The summed E-state index contributed by atoms with van der Waals surface area (Å²) < 4.78 is 4.78. The van der Waals surface area contributed by atoms with Crippen LogP contribution in [0.5, 0.6) is 5.75 Å². The van der Waals surface area contributed by atoms with Gasteiger partial charge < -0.3 is 4.74 Å². The largest absolute Gasteiger partial charge is 0.496 e. The fraction of sp³-hybridized carbons (Fsp3) is 0.125. The minimum Gasteiger partial charge on any atom is -0.496 e. The van der Waals surface area contributed by atoms with Gasteiger partial charge in [0, 0.05) is 11.6 Å². The van der Waals surface area contributed by atoms with Gasteiger partial charge in [0.15, 0.2) is 0 Å². The zero-order chi connectivity index (χ0) is 9.84. The zero-order valence-corrected chi connectivity index (χ0v) is 6.89. The van der Waals surface area contributed by atoms with Crippen LogP contribution in [0.4, 0.5) is 5.69 Å². The zero-order valence-electron chi connectivity index (χ0n) is 6.89. The number of non-ortho nitro benzene ring substituents is 1. The second kappa shape index (κ2) is 3.66. The number of benzene rings is 1. The number of hydrogen-bond donors (Lipinski definition) is 0. The standard InChI is InChI=1S/C8H7NO4/c1-13-8-3-6(5-10)2-7(4-8)9(11)12/h2-5H,1H3. The lowest BCUT2D eigenvalue weighted by atomic mass is 10.2. The first-order valence-electron chi connectivity index (χ1n) is 3.46. The Hall–Kier alpha value is -1.91. The third-order valence-electron chi connectivity index (χ3n) is 1.50. The number of rotatable bonds is 3. The number of carbonyl (C=O) groups excluding carboxylic acids is 1. The van der Waals surface area contributed by atoms with Gasteiger partial charge in [-0.25, -0.2) is 0 Å². The number of carbonyl (C=O) groups is 1. The molecule has 0 aromatic heterocycles. The number of nitro groups is 1. The molecular formula is C8H7NO4. The Morgan fingerprint density at radius 2 is 2.15 bits per heavy atom. The second-order valence-electron chi connectivity index (χ2n) is 2.34. The predicted molar refractivity (Wildman–Crippen MR) is 45.0 cm³/mol. The molecular weight excluding hydrogens is 174 g/mol. The monoisotopic (exact) mass is 181 g/mol. The first-order chi connectivity index (χ1) is 6.17. The van der Waals surface area contributed by atoms with E-state index in [0.29, 0.717) is 12.0 Å². The number of nitrogens with zero attached hydrogens (tertiary/aromatic N) is 1. The van der Waals surface area contributed by atoms with Crippen molar-refractivity contribution in [2.75, 3.05) is 7.11 Å². The molecule has 1 aromatic rings. The molecule has 0 spiro atoms. The van der Waals surface area contributed by atoms with Crippen LogP contribution in [0.25, 0.3) is 0 Å². The number of nitro benzene ring substituents is 1. The Labute approximate surface area is 74.1 Å². The van der Waals surface area contributed by atoms with Crippen molar-refractivity contribution in [1.82, 2.24) is 0 Å². The normalized spacial score (nSPS) is 9.31. The molecule has 0 saturated heterocycles. The molecule has 0 aliphatic rings. The van der Waals surface area contributed by atoms with Crippen LogP contribution in [0.2, 0.25) is 0 Å². The highest BCUT2D eigenvalue weighted by atomic mass is 16.6. The van der Waals surface area contributed by atoms with E-state index in [-0.39, 0.29) is 11.3 Å². The van der Waals surface area contributed by atoms with Crippen LogP contribution >= 0.6 is 0 Å². The third kappa shape index (κ3) is 2.02. The second-order valence-corrected chi connectivity index (χ2v) is 2.34. The van der Waals surface area contributed by atoms with E-state index < -0.39 is 4.92 Å². The molecule has 0 fully saturated rings. The maximum absolute atomic E-state index is 10.4. The van der Waals surface area contributed by atoms with Crippen molar-refractivity contribution >= 4 is 12.0 Å². The molecule has 0 N–H and O–H groups in total. The van der Waals surface area contributed by atoms with Gasteiger partial charge in [-0.3, -0.25) is 14.9 Å². The molecule has 0 aliphatic heterocycles. The maximum atomic E-state index is 10.4. The average molecular weight is 181 g/mol.